The molecule has 0 spiro atoms. The number of fused-ring (bicyclic) bond motifs is 1. The largest absolute Gasteiger partial charge is 0.460 e. The summed E-state index contributed by atoms with van der Waals surface area (Å²) in [5, 5.41) is 0. The first-order valence-corrected chi connectivity index (χ1v) is 9.30. The number of hydrogen-bond acceptors (Lipinski definition) is 3. The number of benzene rings is 1. The number of morpholine rings is 1. The topological polar surface area (TPSA) is 47.6 Å². The van der Waals surface area contributed by atoms with Crippen molar-refractivity contribution in [1.82, 2.24) is 9.47 Å². The van der Waals surface area contributed by atoms with Crippen molar-refractivity contribution in [3.8, 4) is 0 Å². The third kappa shape index (κ3) is 3.42. The van der Waals surface area contributed by atoms with E-state index < -0.39 is 11.6 Å². The van der Waals surface area contributed by atoms with Crippen molar-refractivity contribution >= 4 is 17.0 Å². The third-order valence-electron chi connectivity index (χ3n) is 4.96. The van der Waals surface area contributed by atoms with Crippen LogP contribution in [0.1, 0.15) is 35.7 Å². The molecule has 2 atom stereocenters. The highest BCUT2D eigenvalue weighted by molar-refractivity contribution is 5.97. The Morgan fingerprint density at radius 1 is 1.11 bits per heavy atom. The number of carbonyl (C=O) groups excluding carboxylic acids is 1. The molecule has 3 aromatic rings. The van der Waals surface area contributed by atoms with E-state index in [4.69, 9.17) is 9.15 Å². The molecule has 1 saturated heterocycles. The van der Waals surface area contributed by atoms with Crippen molar-refractivity contribution in [2.24, 2.45) is 0 Å². The van der Waals surface area contributed by atoms with Crippen LogP contribution in [-0.4, -0.2) is 40.7 Å². The average molecular weight is 388 g/mol. The van der Waals surface area contributed by atoms with E-state index in [0.29, 0.717) is 29.9 Å². The van der Waals surface area contributed by atoms with Gasteiger partial charge in [0.05, 0.1) is 17.7 Å². The van der Waals surface area contributed by atoms with Gasteiger partial charge in [0.25, 0.3) is 5.91 Å². The van der Waals surface area contributed by atoms with Crippen LogP contribution in [0.4, 0.5) is 8.78 Å². The van der Waals surface area contributed by atoms with Gasteiger partial charge in [-0.3, -0.25) is 4.79 Å². The molecule has 5 nitrogen and oxygen atoms in total. The predicted octanol–water partition coefficient (Wildman–Crippen LogP) is 4.12. The highest BCUT2D eigenvalue weighted by atomic mass is 19.2. The van der Waals surface area contributed by atoms with E-state index in [1.807, 2.05) is 26.8 Å². The fraction of sp³-hybridized carbons (Fsp3) is 0.381. The minimum Gasteiger partial charge on any atom is -0.460 e. The molecule has 7 heteroatoms. The number of nitrogens with zero attached hydrogens (tertiary/aromatic N) is 2. The Kier molecular flexibility index (Phi) is 4.71. The maximum Gasteiger partial charge on any atom is 0.270 e. The van der Waals surface area contributed by atoms with Crippen molar-refractivity contribution in [2.75, 3.05) is 13.1 Å². The van der Waals surface area contributed by atoms with Gasteiger partial charge in [0.1, 0.15) is 11.5 Å². The smallest absolute Gasteiger partial charge is 0.270 e. The average Bonchev–Trinajstić information content (AvgIpc) is 3.14. The normalized spacial score (nSPS) is 20.1. The second-order valence-electron chi connectivity index (χ2n) is 7.44. The van der Waals surface area contributed by atoms with Gasteiger partial charge in [0.2, 0.25) is 0 Å². The van der Waals surface area contributed by atoms with Gasteiger partial charge in [-0.1, -0.05) is 6.07 Å². The summed E-state index contributed by atoms with van der Waals surface area (Å²) in [5.41, 5.74) is 2.37. The van der Waals surface area contributed by atoms with E-state index in [0.717, 1.165) is 23.4 Å². The molecule has 0 radical (unpaired) electrons. The Hall–Kier alpha value is -2.67. The zero-order chi connectivity index (χ0) is 20.0. The van der Waals surface area contributed by atoms with Crippen LogP contribution in [0.25, 0.3) is 11.1 Å². The lowest BCUT2D eigenvalue weighted by atomic mass is 10.2. The molecule has 3 heterocycles. The lowest BCUT2D eigenvalue weighted by Crippen LogP contribution is -2.48. The van der Waals surface area contributed by atoms with E-state index >= 15 is 0 Å². The summed E-state index contributed by atoms with van der Waals surface area (Å²) < 4.78 is 40.2. The molecule has 148 valence electrons. The van der Waals surface area contributed by atoms with Crippen LogP contribution in [-0.2, 0) is 11.3 Å². The number of ether oxygens (including phenoxy) is 1. The van der Waals surface area contributed by atoms with Crippen molar-refractivity contribution in [3.63, 3.8) is 0 Å². The van der Waals surface area contributed by atoms with Crippen LogP contribution >= 0.6 is 0 Å². The number of hydrogen-bond donors (Lipinski definition) is 0. The number of furan rings is 1. The molecule has 1 aliphatic rings. The number of halogens is 2. The Balaban J connectivity index is 1.73. The second kappa shape index (κ2) is 7.05. The monoisotopic (exact) mass is 388 g/mol. The van der Waals surface area contributed by atoms with Gasteiger partial charge in [-0.15, -0.1) is 0 Å². The highest BCUT2D eigenvalue weighted by Gasteiger charge is 2.29. The van der Waals surface area contributed by atoms with Crippen molar-refractivity contribution in [2.45, 2.75) is 39.5 Å². The van der Waals surface area contributed by atoms with Crippen LogP contribution in [0.3, 0.4) is 0 Å². The first-order valence-electron chi connectivity index (χ1n) is 9.30. The standard InChI is InChI=1S/C21H22F2N2O3/c1-12-6-18-20(28-12)8-19(21(26)24-9-13(2)27-14(3)10-24)25(18)11-15-4-5-16(22)17(23)7-15/h4-8,13-14H,9-11H2,1-3H3. The number of rotatable bonds is 3. The fourth-order valence-corrected chi connectivity index (χ4v) is 3.84. The molecule has 28 heavy (non-hydrogen) atoms. The van der Waals surface area contributed by atoms with Gasteiger partial charge in [-0.05, 0) is 38.5 Å². The predicted molar refractivity (Wildman–Crippen MR) is 100 cm³/mol. The Labute approximate surface area is 161 Å². The van der Waals surface area contributed by atoms with Gasteiger partial charge in [0.15, 0.2) is 17.2 Å². The molecule has 1 amide bonds. The molecule has 2 unspecified atom stereocenters. The fourth-order valence-electron chi connectivity index (χ4n) is 3.84. The summed E-state index contributed by atoms with van der Waals surface area (Å²) in [6.45, 7) is 6.93. The van der Waals surface area contributed by atoms with E-state index in [-0.39, 0.29) is 24.7 Å². The molecule has 1 fully saturated rings. The van der Waals surface area contributed by atoms with Gasteiger partial charge in [-0.25, -0.2) is 8.78 Å². The molecule has 0 saturated carbocycles. The summed E-state index contributed by atoms with van der Waals surface area (Å²) >= 11 is 0. The van der Waals surface area contributed by atoms with Gasteiger partial charge < -0.3 is 18.6 Å². The Morgan fingerprint density at radius 3 is 2.50 bits per heavy atom. The second-order valence-corrected chi connectivity index (χ2v) is 7.44. The number of carbonyl (C=O) groups is 1. The molecule has 4 rings (SSSR count). The minimum absolute atomic E-state index is 0.0486. The summed E-state index contributed by atoms with van der Waals surface area (Å²) in [6.07, 6.45) is -0.0971. The Bertz CT molecular complexity index is 1030. The molecule has 0 N–H and O–H groups in total. The number of amides is 1. The van der Waals surface area contributed by atoms with Crippen molar-refractivity contribution in [1.29, 1.82) is 0 Å². The highest BCUT2D eigenvalue weighted by Crippen LogP contribution is 2.27. The number of aryl methyl sites for hydroxylation is 1. The zero-order valence-electron chi connectivity index (χ0n) is 16.0. The molecule has 0 bridgehead atoms. The van der Waals surface area contributed by atoms with Gasteiger partial charge in [-0.2, -0.15) is 0 Å². The van der Waals surface area contributed by atoms with Gasteiger partial charge >= 0.3 is 0 Å². The quantitative estimate of drug-likeness (QED) is 0.678. The molecular formula is C21H22F2N2O3. The van der Waals surface area contributed by atoms with Crippen molar-refractivity contribution in [3.05, 3.63) is 59.0 Å². The Morgan fingerprint density at radius 2 is 1.82 bits per heavy atom. The molecule has 1 aromatic carbocycles. The molecule has 2 aromatic heterocycles. The summed E-state index contributed by atoms with van der Waals surface area (Å²) in [4.78, 5) is 15.0. The lowest BCUT2D eigenvalue weighted by molar-refractivity contribution is -0.0588. The third-order valence-corrected chi connectivity index (χ3v) is 4.96. The summed E-state index contributed by atoms with van der Waals surface area (Å²) in [5.74, 6) is -1.22. The van der Waals surface area contributed by atoms with Crippen LogP contribution in [0, 0.1) is 18.6 Å². The van der Waals surface area contributed by atoms with E-state index in [2.05, 4.69) is 0 Å². The SMILES string of the molecule is Cc1cc2c(cc(C(=O)N3CC(C)OC(C)C3)n2Cc2ccc(F)c(F)c2)o1. The van der Waals surface area contributed by atoms with E-state index in [9.17, 15) is 13.6 Å². The first-order chi connectivity index (χ1) is 13.3. The van der Waals surface area contributed by atoms with Crippen molar-refractivity contribution < 1.29 is 22.7 Å². The maximum atomic E-state index is 13.7. The lowest BCUT2D eigenvalue weighted by Gasteiger charge is -2.35. The molecular weight excluding hydrogens is 366 g/mol. The number of aromatic nitrogens is 1. The van der Waals surface area contributed by atoms with E-state index in [1.54, 1.807) is 15.5 Å². The summed E-state index contributed by atoms with van der Waals surface area (Å²) in [6, 6.07) is 7.33. The van der Waals surface area contributed by atoms with Crippen LogP contribution < -0.4 is 0 Å². The summed E-state index contributed by atoms with van der Waals surface area (Å²) in [7, 11) is 0. The van der Waals surface area contributed by atoms with Crippen LogP contribution in [0.15, 0.2) is 34.7 Å². The molecule has 0 aliphatic carbocycles. The van der Waals surface area contributed by atoms with Crippen LogP contribution in [0.5, 0.6) is 0 Å². The van der Waals surface area contributed by atoms with Gasteiger partial charge in [0, 0.05) is 31.8 Å². The van der Waals surface area contributed by atoms with Crippen LogP contribution in [0.2, 0.25) is 0 Å². The first kappa shape index (κ1) is 18.7. The zero-order valence-corrected chi connectivity index (χ0v) is 16.0. The minimum atomic E-state index is -0.909. The maximum absolute atomic E-state index is 13.7. The van der Waals surface area contributed by atoms with E-state index in [1.165, 1.54) is 6.07 Å². The molecule has 1 aliphatic heterocycles.